The number of benzene rings is 1. The molecule has 3 nitrogen and oxygen atoms in total. The molecule has 17 heavy (non-hydrogen) atoms. The van der Waals surface area contributed by atoms with Crippen LogP contribution in [0, 0.1) is 5.92 Å². The molecule has 0 N–H and O–H groups in total. The minimum atomic E-state index is -0.583. The Kier molecular flexibility index (Phi) is 3.60. The van der Waals surface area contributed by atoms with Crippen molar-refractivity contribution in [2.75, 3.05) is 6.61 Å². The van der Waals surface area contributed by atoms with Gasteiger partial charge in [0.2, 0.25) is 0 Å². The molecule has 0 unspecified atom stereocenters. The van der Waals surface area contributed by atoms with Crippen LogP contribution in [0.5, 0.6) is 0 Å². The molecular formula is C14H18O3. The van der Waals surface area contributed by atoms with Gasteiger partial charge >= 0.3 is 0 Å². The summed E-state index contributed by atoms with van der Waals surface area (Å²) in [6.45, 7) is 4.37. The summed E-state index contributed by atoms with van der Waals surface area (Å²) in [7, 11) is 0. The lowest BCUT2D eigenvalue weighted by atomic mass is 9.92. The van der Waals surface area contributed by atoms with Crippen molar-refractivity contribution in [1.29, 1.82) is 0 Å². The summed E-state index contributed by atoms with van der Waals surface area (Å²) in [6, 6.07) is 10.0. The van der Waals surface area contributed by atoms with Gasteiger partial charge in [0.25, 0.3) is 0 Å². The van der Waals surface area contributed by atoms with E-state index in [1.54, 1.807) is 0 Å². The van der Waals surface area contributed by atoms with Crippen LogP contribution in [0.25, 0.3) is 0 Å². The third-order valence-corrected chi connectivity index (χ3v) is 3.01. The van der Waals surface area contributed by atoms with Crippen LogP contribution >= 0.6 is 0 Å². The lowest BCUT2D eigenvalue weighted by Gasteiger charge is -2.40. The van der Waals surface area contributed by atoms with E-state index < -0.39 is 5.79 Å². The van der Waals surface area contributed by atoms with Crippen LogP contribution in [-0.4, -0.2) is 18.7 Å². The maximum atomic E-state index is 10.7. The molecule has 1 aromatic carbocycles. The van der Waals surface area contributed by atoms with Crippen LogP contribution < -0.4 is 0 Å². The number of carbonyl (C=O) groups is 1. The van der Waals surface area contributed by atoms with Gasteiger partial charge in [-0.2, -0.15) is 0 Å². The second-order valence-corrected chi connectivity index (χ2v) is 4.82. The highest BCUT2D eigenvalue weighted by molar-refractivity contribution is 5.50. The first-order valence-corrected chi connectivity index (χ1v) is 5.93. The highest BCUT2D eigenvalue weighted by Crippen LogP contribution is 2.37. The SMILES string of the molecule is CC1(C)OC[C@H](CC=O)[C@@H](c2ccccc2)O1. The molecular weight excluding hydrogens is 216 g/mol. The van der Waals surface area contributed by atoms with Crippen molar-refractivity contribution in [3.63, 3.8) is 0 Å². The molecule has 1 saturated heterocycles. The van der Waals surface area contributed by atoms with Gasteiger partial charge in [-0.15, -0.1) is 0 Å². The number of carbonyl (C=O) groups excluding carboxylic acids is 1. The average Bonchev–Trinajstić information content (AvgIpc) is 2.32. The van der Waals surface area contributed by atoms with Gasteiger partial charge in [0.1, 0.15) is 6.29 Å². The molecule has 1 fully saturated rings. The van der Waals surface area contributed by atoms with Crippen LogP contribution in [0.3, 0.4) is 0 Å². The second-order valence-electron chi connectivity index (χ2n) is 4.82. The molecule has 0 spiro atoms. The molecule has 1 aliphatic heterocycles. The first-order chi connectivity index (χ1) is 8.12. The molecule has 0 aromatic heterocycles. The Morgan fingerprint density at radius 2 is 2.06 bits per heavy atom. The Hall–Kier alpha value is -1.19. The topological polar surface area (TPSA) is 35.5 Å². The lowest BCUT2D eigenvalue weighted by Crippen LogP contribution is -2.41. The summed E-state index contributed by atoms with van der Waals surface area (Å²) < 4.78 is 11.5. The Balaban J connectivity index is 2.22. The fraction of sp³-hybridized carbons (Fsp3) is 0.500. The summed E-state index contributed by atoms with van der Waals surface area (Å²) in [6.07, 6.45) is 1.34. The monoisotopic (exact) mass is 234 g/mol. The summed E-state index contributed by atoms with van der Waals surface area (Å²) >= 11 is 0. The van der Waals surface area contributed by atoms with E-state index >= 15 is 0 Å². The molecule has 1 aromatic rings. The van der Waals surface area contributed by atoms with Crippen molar-refractivity contribution in [1.82, 2.24) is 0 Å². The van der Waals surface area contributed by atoms with Crippen molar-refractivity contribution in [2.24, 2.45) is 5.92 Å². The van der Waals surface area contributed by atoms with Crippen LogP contribution in [0.4, 0.5) is 0 Å². The molecule has 0 saturated carbocycles. The van der Waals surface area contributed by atoms with E-state index in [9.17, 15) is 4.79 Å². The molecule has 0 radical (unpaired) electrons. The highest BCUT2D eigenvalue weighted by Gasteiger charge is 2.36. The Labute approximate surface area is 102 Å². The van der Waals surface area contributed by atoms with Gasteiger partial charge in [0.05, 0.1) is 12.7 Å². The van der Waals surface area contributed by atoms with E-state index in [2.05, 4.69) is 0 Å². The number of hydrogen-bond donors (Lipinski definition) is 0. The summed E-state index contributed by atoms with van der Waals surface area (Å²) in [5.74, 6) is -0.484. The fourth-order valence-corrected chi connectivity index (χ4v) is 2.13. The minimum Gasteiger partial charge on any atom is -0.350 e. The Morgan fingerprint density at radius 3 is 2.71 bits per heavy atom. The standard InChI is InChI=1S/C14H18O3/c1-14(2)16-10-12(8-9-15)13(17-14)11-6-4-3-5-7-11/h3-7,9,12-13H,8,10H2,1-2H3/t12-,13+/m0/s1. The van der Waals surface area contributed by atoms with E-state index in [1.807, 2.05) is 44.2 Å². The zero-order chi connectivity index (χ0) is 12.3. The van der Waals surface area contributed by atoms with Gasteiger partial charge in [-0.05, 0) is 19.4 Å². The van der Waals surface area contributed by atoms with Crippen LogP contribution in [0.2, 0.25) is 0 Å². The van der Waals surface area contributed by atoms with E-state index in [4.69, 9.17) is 9.47 Å². The minimum absolute atomic E-state index is 0.0647. The number of rotatable bonds is 3. The third-order valence-electron chi connectivity index (χ3n) is 3.01. The van der Waals surface area contributed by atoms with Gasteiger partial charge in [-0.25, -0.2) is 0 Å². The predicted octanol–water partition coefficient (Wildman–Crippen LogP) is 2.72. The molecule has 92 valence electrons. The highest BCUT2D eigenvalue weighted by atomic mass is 16.7. The van der Waals surface area contributed by atoms with Crippen LogP contribution in [-0.2, 0) is 14.3 Å². The van der Waals surface area contributed by atoms with E-state index in [-0.39, 0.29) is 12.0 Å². The molecule has 0 aliphatic carbocycles. The van der Waals surface area contributed by atoms with Crippen molar-refractivity contribution < 1.29 is 14.3 Å². The third kappa shape index (κ3) is 2.93. The molecule has 0 amide bonds. The fourth-order valence-electron chi connectivity index (χ4n) is 2.13. The van der Waals surface area contributed by atoms with Crippen LogP contribution in [0.15, 0.2) is 30.3 Å². The van der Waals surface area contributed by atoms with E-state index in [0.717, 1.165) is 11.8 Å². The molecule has 1 heterocycles. The quantitative estimate of drug-likeness (QED) is 0.754. The predicted molar refractivity (Wildman–Crippen MR) is 64.5 cm³/mol. The van der Waals surface area contributed by atoms with Crippen molar-refractivity contribution in [2.45, 2.75) is 32.2 Å². The summed E-state index contributed by atoms with van der Waals surface area (Å²) in [5, 5.41) is 0. The molecule has 0 bridgehead atoms. The Morgan fingerprint density at radius 1 is 1.35 bits per heavy atom. The zero-order valence-electron chi connectivity index (χ0n) is 10.3. The number of ether oxygens (including phenoxy) is 2. The van der Waals surface area contributed by atoms with Crippen molar-refractivity contribution in [3.8, 4) is 0 Å². The van der Waals surface area contributed by atoms with Gasteiger partial charge in [-0.3, -0.25) is 0 Å². The Bertz CT molecular complexity index is 372. The van der Waals surface area contributed by atoms with Gasteiger partial charge in [0, 0.05) is 12.3 Å². The number of hydrogen-bond acceptors (Lipinski definition) is 3. The summed E-state index contributed by atoms with van der Waals surface area (Å²) in [5.41, 5.74) is 1.11. The van der Waals surface area contributed by atoms with Gasteiger partial charge in [0.15, 0.2) is 5.79 Å². The van der Waals surface area contributed by atoms with Crippen molar-refractivity contribution >= 4 is 6.29 Å². The van der Waals surface area contributed by atoms with Crippen LogP contribution in [0.1, 0.15) is 31.9 Å². The molecule has 2 rings (SSSR count). The lowest BCUT2D eigenvalue weighted by molar-refractivity contribution is -0.295. The maximum absolute atomic E-state index is 10.7. The van der Waals surface area contributed by atoms with E-state index in [0.29, 0.717) is 13.0 Å². The number of aldehydes is 1. The molecule has 3 heteroatoms. The largest absolute Gasteiger partial charge is 0.350 e. The first-order valence-electron chi connectivity index (χ1n) is 5.93. The average molecular weight is 234 g/mol. The summed E-state index contributed by atoms with van der Waals surface area (Å²) in [4.78, 5) is 10.7. The van der Waals surface area contributed by atoms with E-state index in [1.165, 1.54) is 0 Å². The normalized spacial score (nSPS) is 27.6. The first kappa shape index (κ1) is 12.3. The maximum Gasteiger partial charge on any atom is 0.163 e. The smallest absolute Gasteiger partial charge is 0.163 e. The zero-order valence-corrected chi connectivity index (χ0v) is 10.3. The van der Waals surface area contributed by atoms with Crippen molar-refractivity contribution in [3.05, 3.63) is 35.9 Å². The van der Waals surface area contributed by atoms with Gasteiger partial charge in [-0.1, -0.05) is 30.3 Å². The second kappa shape index (κ2) is 4.98. The van der Waals surface area contributed by atoms with Gasteiger partial charge < -0.3 is 14.3 Å². The molecule has 2 atom stereocenters. The molecule has 1 aliphatic rings.